The zero-order chi connectivity index (χ0) is 18.5. The maximum Gasteiger partial charge on any atom is 0.317 e. The average Bonchev–Trinajstić information content (AvgIpc) is 3.26. The van der Waals surface area contributed by atoms with Crippen molar-refractivity contribution in [3.63, 3.8) is 0 Å². The maximum atomic E-state index is 12.3. The summed E-state index contributed by atoms with van der Waals surface area (Å²) in [5, 5.41) is 12.2. The summed E-state index contributed by atoms with van der Waals surface area (Å²) in [7, 11) is 1.82. The largest absolute Gasteiger partial charge is 0.346 e. The SMILES string of the molecule is CC(C)n1cnnc1CCNC(=O)N(C)CCn1ccc2ccccc21. The van der Waals surface area contributed by atoms with Crippen molar-refractivity contribution in [3.05, 3.63) is 48.7 Å². The van der Waals surface area contributed by atoms with Gasteiger partial charge in [-0.15, -0.1) is 10.2 Å². The Morgan fingerprint density at radius 3 is 2.88 bits per heavy atom. The van der Waals surface area contributed by atoms with Gasteiger partial charge in [-0.3, -0.25) is 0 Å². The molecule has 0 aliphatic carbocycles. The van der Waals surface area contributed by atoms with Gasteiger partial charge in [-0.2, -0.15) is 0 Å². The van der Waals surface area contributed by atoms with Crippen molar-refractivity contribution in [1.29, 1.82) is 0 Å². The van der Waals surface area contributed by atoms with Gasteiger partial charge in [0.15, 0.2) is 0 Å². The fraction of sp³-hybridized carbons (Fsp3) is 0.421. The summed E-state index contributed by atoms with van der Waals surface area (Å²) in [6.07, 6.45) is 4.46. The summed E-state index contributed by atoms with van der Waals surface area (Å²) < 4.78 is 4.19. The first kappa shape index (κ1) is 18.0. The van der Waals surface area contributed by atoms with Gasteiger partial charge >= 0.3 is 6.03 Å². The fourth-order valence-corrected chi connectivity index (χ4v) is 2.99. The number of urea groups is 1. The Balaban J connectivity index is 1.46. The van der Waals surface area contributed by atoms with E-state index >= 15 is 0 Å². The van der Waals surface area contributed by atoms with E-state index in [1.165, 1.54) is 10.9 Å². The number of carbonyl (C=O) groups is 1. The van der Waals surface area contributed by atoms with Crippen molar-refractivity contribution in [3.8, 4) is 0 Å². The molecule has 1 aromatic carbocycles. The molecule has 3 rings (SSSR count). The van der Waals surface area contributed by atoms with Crippen molar-refractivity contribution < 1.29 is 4.79 Å². The van der Waals surface area contributed by atoms with Crippen LogP contribution in [0.4, 0.5) is 4.79 Å². The van der Waals surface area contributed by atoms with Gasteiger partial charge in [-0.25, -0.2) is 4.79 Å². The highest BCUT2D eigenvalue weighted by Gasteiger charge is 2.11. The topological polar surface area (TPSA) is 68.0 Å². The lowest BCUT2D eigenvalue weighted by Crippen LogP contribution is -2.39. The molecule has 0 saturated carbocycles. The second kappa shape index (κ2) is 8.03. The molecule has 0 saturated heterocycles. The maximum absolute atomic E-state index is 12.3. The Morgan fingerprint density at radius 1 is 1.27 bits per heavy atom. The van der Waals surface area contributed by atoms with Crippen molar-refractivity contribution in [1.82, 2.24) is 29.5 Å². The van der Waals surface area contributed by atoms with Crippen LogP contribution in [0.1, 0.15) is 25.7 Å². The molecule has 26 heavy (non-hydrogen) atoms. The molecule has 0 spiro atoms. The molecular weight excluding hydrogens is 328 g/mol. The van der Waals surface area contributed by atoms with Gasteiger partial charge < -0.3 is 19.4 Å². The van der Waals surface area contributed by atoms with E-state index in [0.717, 1.165) is 12.4 Å². The molecule has 3 aromatic rings. The molecule has 1 N–H and O–H groups in total. The summed E-state index contributed by atoms with van der Waals surface area (Å²) in [5.74, 6) is 0.891. The summed E-state index contributed by atoms with van der Waals surface area (Å²) in [6, 6.07) is 10.6. The first-order valence-electron chi connectivity index (χ1n) is 8.97. The Bertz CT molecular complexity index is 866. The van der Waals surface area contributed by atoms with Crippen molar-refractivity contribution in [2.24, 2.45) is 0 Å². The predicted octanol–water partition coefficient (Wildman–Crippen LogP) is 2.70. The van der Waals surface area contributed by atoms with Crippen LogP contribution < -0.4 is 5.32 Å². The normalized spacial score (nSPS) is 11.2. The smallest absolute Gasteiger partial charge is 0.317 e. The first-order valence-corrected chi connectivity index (χ1v) is 8.97. The van der Waals surface area contributed by atoms with Crippen LogP contribution in [0.3, 0.4) is 0 Å². The quantitative estimate of drug-likeness (QED) is 0.709. The van der Waals surface area contributed by atoms with Crippen LogP contribution in [-0.2, 0) is 13.0 Å². The number of benzene rings is 1. The van der Waals surface area contributed by atoms with E-state index in [9.17, 15) is 4.79 Å². The third-order valence-electron chi connectivity index (χ3n) is 4.53. The van der Waals surface area contributed by atoms with E-state index in [1.54, 1.807) is 11.2 Å². The molecule has 138 valence electrons. The van der Waals surface area contributed by atoms with Crippen LogP contribution in [0, 0.1) is 0 Å². The molecule has 0 unspecified atom stereocenters. The number of hydrogen-bond acceptors (Lipinski definition) is 3. The van der Waals surface area contributed by atoms with Gasteiger partial charge in [0.1, 0.15) is 12.2 Å². The molecule has 0 fully saturated rings. The van der Waals surface area contributed by atoms with Crippen LogP contribution in [-0.4, -0.2) is 50.4 Å². The van der Waals surface area contributed by atoms with Crippen LogP contribution >= 0.6 is 0 Å². The number of nitrogens with one attached hydrogen (secondary N) is 1. The van der Waals surface area contributed by atoms with Crippen LogP contribution in [0.5, 0.6) is 0 Å². The standard InChI is InChI=1S/C19H26N6O/c1-15(2)25-14-21-22-18(25)8-10-20-19(26)23(3)12-13-24-11-9-16-6-4-5-7-17(16)24/h4-7,9,11,14-15H,8,10,12-13H2,1-3H3,(H,20,26). The number of hydrogen-bond donors (Lipinski definition) is 1. The average molecular weight is 354 g/mol. The van der Waals surface area contributed by atoms with Crippen LogP contribution in [0.2, 0.25) is 0 Å². The Morgan fingerprint density at radius 2 is 2.08 bits per heavy atom. The molecule has 0 atom stereocenters. The van der Waals surface area contributed by atoms with E-state index in [1.807, 2.05) is 23.7 Å². The number of rotatable bonds is 7. The minimum absolute atomic E-state index is 0.0722. The van der Waals surface area contributed by atoms with Crippen LogP contribution in [0.25, 0.3) is 10.9 Å². The Kier molecular flexibility index (Phi) is 5.55. The fourth-order valence-electron chi connectivity index (χ4n) is 2.99. The van der Waals surface area contributed by atoms with E-state index in [2.05, 4.69) is 58.3 Å². The molecule has 0 radical (unpaired) electrons. The number of para-hydroxylation sites is 1. The molecule has 2 aromatic heterocycles. The van der Waals surface area contributed by atoms with Gasteiger partial charge in [0.25, 0.3) is 0 Å². The Hall–Kier alpha value is -2.83. The number of fused-ring (bicyclic) bond motifs is 1. The van der Waals surface area contributed by atoms with E-state index < -0.39 is 0 Å². The molecule has 2 heterocycles. The third-order valence-corrected chi connectivity index (χ3v) is 4.53. The van der Waals surface area contributed by atoms with Crippen molar-refractivity contribution in [2.75, 3.05) is 20.1 Å². The van der Waals surface area contributed by atoms with Gasteiger partial charge in [0.2, 0.25) is 0 Å². The number of likely N-dealkylation sites (N-methyl/N-ethyl adjacent to an activating group) is 1. The molecule has 7 nitrogen and oxygen atoms in total. The molecule has 0 bridgehead atoms. The zero-order valence-corrected chi connectivity index (χ0v) is 15.6. The summed E-state index contributed by atoms with van der Waals surface area (Å²) in [6.45, 7) is 6.13. The van der Waals surface area contributed by atoms with Gasteiger partial charge in [0, 0.05) is 50.9 Å². The van der Waals surface area contributed by atoms with Gasteiger partial charge in [-0.05, 0) is 31.4 Å². The highest BCUT2D eigenvalue weighted by atomic mass is 16.2. The minimum Gasteiger partial charge on any atom is -0.346 e. The lowest BCUT2D eigenvalue weighted by atomic mass is 10.2. The molecular formula is C19H26N6O. The summed E-state index contributed by atoms with van der Waals surface area (Å²) in [5.41, 5.74) is 1.19. The number of nitrogens with zero attached hydrogens (tertiary/aromatic N) is 5. The second-order valence-electron chi connectivity index (χ2n) is 6.72. The van der Waals surface area contributed by atoms with E-state index in [-0.39, 0.29) is 6.03 Å². The highest BCUT2D eigenvalue weighted by molar-refractivity contribution is 5.80. The highest BCUT2D eigenvalue weighted by Crippen LogP contribution is 2.14. The number of aromatic nitrogens is 4. The lowest BCUT2D eigenvalue weighted by Gasteiger charge is -2.19. The molecule has 0 aliphatic heterocycles. The monoisotopic (exact) mass is 354 g/mol. The Labute approximate surface area is 153 Å². The van der Waals surface area contributed by atoms with Gasteiger partial charge in [-0.1, -0.05) is 18.2 Å². The van der Waals surface area contributed by atoms with E-state index in [0.29, 0.717) is 25.6 Å². The van der Waals surface area contributed by atoms with Crippen molar-refractivity contribution in [2.45, 2.75) is 32.9 Å². The second-order valence-corrected chi connectivity index (χ2v) is 6.72. The summed E-state index contributed by atoms with van der Waals surface area (Å²) >= 11 is 0. The number of amides is 2. The molecule has 7 heteroatoms. The van der Waals surface area contributed by atoms with E-state index in [4.69, 9.17) is 0 Å². The molecule has 0 aliphatic rings. The van der Waals surface area contributed by atoms with Crippen molar-refractivity contribution >= 4 is 16.9 Å². The van der Waals surface area contributed by atoms with Gasteiger partial charge in [0.05, 0.1) is 0 Å². The molecule has 2 amide bonds. The number of carbonyl (C=O) groups excluding carboxylic acids is 1. The van der Waals surface area contributed by atoms with Crippen LogP contribution in [0.15, 0.2) is 42.9 Å². The third kappa shape index (κ3) is 4.04. The lowest BCUT2D eigenvalue weighted by molar-refractivity contribution is 0.207. The first-order chi connectivity index (χ1) is 12.6. The predicted molar refractivity (Wildman–Crippen MR) is 102 cm³/mol. The zero-order valence-electron chi connectivity index (χ0n) is 15.6. The minimum atomic E-state index is -0.0722. The summed E-state index contributed by atoms with van der Waals surface area (Å²) in [4.78, 5) is 14.0.